The minimum absolute atomic E-state index is 0.0300. The molecule has 0 aromatic carbocycles. The Morgan fingerprint density at radius 3 is 1.57 bits per heavy atom. The highest BCUT2D eigenvalue weighted by atomic mass is 16.1. The Bertz CT molecular complexity index is 366. The fourth-order valence-electron chi connectivity index (χ4n) is 1.56. The molecule has 0 heterocycles. The van der Waals surface area contributed by atoms with Crippen molar-refractivity contribution in [3.8, 4) is 0 Å². The summed E-state index contributed by atoms with van der Waals surface area (Å²) in [5.41, 5.74) is 1.11. The molecule has 2 heteroatoms. The lowest BCUT2D eigenvalue weighted by atomic mass is 9.90. The Morgan fingerprint density at radius 1 is 0.786 bits per heavy atom. The molecule has 0 aromatic heterocycles. The molecule has 0 saturated heterocycles. The van der Waals surface area contributed by atoms with E-state index >= 15 is 0 Å². The van der Waals surface area contributed by atoms with Crippen molar-refractivity contribution in [1.82, 2.24) is 0 Å². The van der Waals surface area contributed by atoms with Gasteiger partial charge in [-0.25, -0.2) is 0 Å². The van der Waals surface area contributed by atoms with E-state index in [0.29, 0.717) is 24.0 Å². The maximum absolute atomic E-state index is 11.5. The van der Waals surface area contributed by atoms with E-state index in [4.69, 9.17) is 0 Å². The van der Waals surface area contributed by atoms with Crippen LogP contribution in [0.1, 0.15) is 12.8 Å². The van der Waals surface area contributed by atoms with Gasteiger partial charge >= 0.3 is 0 Å². The molecule has 0 saturated carbocycles. The smallest absolute Gasteiger partial charge is 0.167 e. The topological polar surface area (TPSA) is 34.1 Å². The fourth-order valence-corrected chi connectivity index (χ4v) is 1.56. The maximum atomic E-state index is 11.5. The third-order valence-electron chi connectivity index (χ3n) is 2.30. The summed E-state index contributed by atoms with van der Waals surface area (Å²) in [5, 5.41) is 0. The number of allylic oxidation sites excluding steroid dienone is 8. The average molecular weight is 186 g/mol. The van der Waals surface area contributed by atoms with Crippen molar-refractivity contribution >= 4 is 11.6 Å². The highest BCUT2D eigenvalue weighted by Crippen LogP contribution is 2.21. The first-order valence-corrected chi connectivity index (χ1v) is 4.59. The van der Waals surface area contributed by atoms with Crippen LogP contribution in [0.5, 0.6) is 0 Å². The van der Waals surface area contributed by atoms with Crippen molar-refractivity contribution in [3.05, 3.63) is 47.6 Å². The summed E-state index contributed by atoms with van der Waals surface area (Å²) in [6.45, 7) is 0. The van der Waals surface area contributed by atoms with Gasteiger partial charge in [-0.2, -0.15) is 0 Å². The van der Waals surface area contributed by atoms with E-state index in [-0.39, 0.29) is 11.6 Å². The van der Waals surface area contributed by atoms with Crippen molar-refractivity contribution < 1.29 is 9.59 Å². The predicted molar refractivity (Wildman–Crippen MR) is 53.7 cm³/mol. The van der Waals surface area contributed by atoms with Crippen molar-refractivity contribution in [2.45, 2.75) is 12.8 Å². The van der Waals surface area contributed by atoms with Crippen LogP contribution < -0.4 is 0 Å². The molecular formula is C12H10O2. The molecule has 0 unspecified atom stereocenters. The molecule has 2 aliphatic rings. The van der Waals surface area contributed by atoms with Gasteiger partial charge < -0.3 is 0 Å². The summed E-state index contributed by atoms with van der Waals surface area (Å²) >= 11 is 0. The van der Waals surface area contributed by atoms with Crippen LogP contribution in [-0.4, -0.2) is 11.6 Å². The number of rotatable bonds is 1. The third kappa shape index (κ3) is 1.51. The summed E-state index contributed by atoms with van der Waals surface area (Å²) in [7, 11) is 0. The van der Waals surface area contributed by atoms with E-state index in [0.717, 1.165) is 0 Å². The first kappa shape index (κ1) is 8.88. The highest BCUT2D eigenvalue weighted by molar-refractivity contribution is 6.14. The van der Waals surface area contributed by atoms with Gasteiger partial charge in [0.2, 0.25) is 0 Å². The van der Waals surface area contributed by atoms with Crippen molar-refractivity contribution in [3.63, 3.8) is 0 Å². The number of ketones is 2. The van der Waals surface area contributed by atoms with E-state index < -0.39 is 0 Å². The lowest BCUT2D eigenvalue weighted by Gasteiger charge is -2.12. The molecule has 0 radical (unpaired) electrons. The molecule has 0 aliphatic heterocycles. The van der Waals surface area contributed by atoms with Gasteiger partial charge in [-0.15, -0.1) is 0 Å². The third-order valence-corrected chi connectivity index (χ3v) is 2.30. The van der Waals surface area contributed by atoms with Crippen LogP contribution in [0.15, 0.2) is 47.6 Å². The molecule has 0 bridgehead atoms. The van der Waals surface area contributed by atoms with E-state index in [1.54, 1.807) is 24.3 Å². The number of carbonyl (C=O) groups is 2. The number of hydrogen-bond acceptors (Lipinski definition) is 2. The van der Waals surface area contributed by atoms with Gasteiger partial charge in [0.25, 0.3) is 0 Å². The Labute approximate surface area is 82.3 Å². The van der Waals surface area contributed by atoms with Crippen LogP contribution in [0, 0.1) is 0 Å². The molecule has 2 rings (SSSR count). The van der Waals surface area contributed by atoms with E-state index in [9.17, 15) is 9.59 Å². The van der Waals surface area contributed by atoms with Gasteiger partial charge in [-0.1, -0.05) is 36.5 Å². The Kier molecular flexibility index (Phi) is 2.27. The van der Waals surface area contributed by atoms with Crippen LogP contribution in [0.2, 0.25) is 0 Å². The molecule has 0 N–H and O–H groups in total. The minimum Gasteiger partial charge on any atom is -0.294 e. The second-order valence-electron chi connectivity index (χ2n) is 3.27. The van der Waals surface area contributed by atoms with Gasteiger partial charge in [-0.05, 0) is 0 Å². The summed E-state index contributed by atoms with van der Waals surface area (Å²) in [4.78, 5) is 23.0. The van der Waals surface area contributed by atoms with E-state index in [2.05, 4.69) is 0 Å². The predicted octanol–water partition coefficient (Wildman–Crippen LogP) is 1.90. The maximum Gasteiger partial charge on any atom is 0.167 e. The molecule has 70 valence electrons. The molecule has 0 spiro atoms. The van der Waals surface area contributed by atoms with E-state index in [1.807, 2.05) is 12.2 Å². The zero-order chi connectivity index (χ0) is 9.97. The minimum atomic E-state index is 0.0300. The standard InChI is InChI=1S/C12H10O2/c13-11-7-3-1-5-9(11)10-6-2-4-8-12(10)14/h1-6H,7-8H2. The van der Waals surface area contributed by atoms with Gasteiger partial charge in [0, 0.05) is 24.0 Å². The summed E-state index contributed by atoms with van der Waals surface area (Å²) in [5.74, 6) is 0.0600. The Balaban J connectivity index is 2.38. The molecular weight excluding hydrogens is 176 g/mol. The average Bonchev–Trinajstić information content (AvgIpc) is 2.20. The number of hydrogen-bond donors (Lipinski definition) is 0. The van der Waals surface area contributed by atoms with Gasteiger partial charge in [0.1, 0.15) is 0 Å². The summed E-state index contributed by atoms with van der Waals surface area (Å²) in [6, 6.07) is 0. The summed E-state index contributed by atoms with van der Waals surface area (Å²) in [6.07, 6.45) is 11.5. The lowest BCUT2D eigenvalue weighted by molar-refractivity contribution is -0.117. The molecule has 0 fully saturated rings. The van der Waals surface area contributed by atoms with Gasteiger partial charge in [-0.3, -0.25) is 9.59 Å². The molecule has 14 heavy (non-hydrogen) atoms. The molecule has 0 aromatic rings. The highest BCUT2D eigenvalue weighted by Gasteiger charge is 2.20. The van der Waals surface area contributed by atoms with Crippen LogP contribution in [0.4, 0.5) is 0 Å². The number of Topliss-reactive ketones (excluding diaryl/α,β-unsaturated/α-hetero) is 2. The zero-order valence-corrected chi connectivity index (χ0v) is 7.69. The second-order valence-corrected chi connectivity index (χ2v) is 3.27. The largest absolute Gasteiger partial charge is 0.294 e. The SMILES string of the molecule is O=C1CC=CC=C1C1=CC=CCC1=O. The van der Waals surface area contributed by atoms with Crippen LogP contribution in [-0.2, 0) is 9.59 Å². The first-order chi connectivity index (χ1) is 6.79. The monoisotopic (exact) mass is 186 g/mol. The normalized spacial score (nSPS) is 20.9. The lowest BCUT2D eigenvalue weighted by Crippen LogP contribution is -2.14. The zero-order valence-electron chi connectivity index (χ0n) is 7.69. The second kappa shape index (κ2) is 3.58. The summed E-state index contributed by atoms with van der Waals surface area (Å²) < 4.78 is 0. The molecule has 2 nitrogen and oxygen atoms in total. The number of carbonyl (C=O) groups excluding carboxylic acids is 2. The van der Waals surface area contributed by atoms with Crippen molar-refractivity contribution in [1.29, 1.82) is 0 Å². The van der Waals surface area contributed by atoms with Crippen LogP contribution in [0.3, 0.4) is 0 Å². The fraction of sp³-hybridized carbons (Fsp3) is 0.167. The van der Waals surface area contributed by atoms with Crippen molar-refractivity contribution in [2.75, 3.05) is 0 Å². The molecule has 2 aliphatic carbocycles. The Hall–Kier alpha value is -1.70. The quantitative estimate of drug-likeness (QED) is 0.626. The van der Waals surface area contributed by atoms with E-state index in [1.165, 1.54) is 0 Å². The Morgan fingerprint density at radius 2 is 1.21 bits per heavy atom. The first-order valence-electron chi connectivity index (χ1n) is 4.59. The molecule has 0 atom stereocenters. The van der Waals surface area contributed by atoms with Crippen molar-refractivity contribution in [2.24, 2.45) is 0 Å². The van der Waals surface area contributed by atoms with Crippen LogP contribution >= 0.6 is 0 Å². The van der Waals surface area contributed by atoms with Crippen LogP contribution in [0.25, 0.3) is 0 Å². The van der Waals surface area contributed by atoms with Gasteiger partial charge in [0.05, 0.1) is 0 Å². The molecule has 0 amide bonds. The van der Waals surface area contributed by atoms with Gasteiger partial charge in [0.15, 0.2) is 11.6 Å².